The standard InChI is InChI=1S/C20H19O2S/c1-21-18-14-12-17(13-15-18)16-22-23(19-8-4-2-5-9-19)20-10-6-3-7-11-20/h2-15H,16H2,1H3/q+1. The Morgan fingerprint density at radius 3 is 1.70 bits per heavy atom. The van der Waals surface area contributed by atoms with Gasteiger partial charge in [0.05, 0.1) is 7.11 Å². The minimum Gasteiger partial charge on any atom is -0.497 e. The van der Waals surface area contributed by atoms with Crippen LogP contribution < -0.4 is 4.74 Å². The lowest BCUT2D eigenvalue weighted by atomic mass is 10.2. The summed E-state index contributed by atoms with van der Waals surface area (Å²) in [6.07, 6.45) is 0. The van der Waals surface area contributed by atoms with E-state index in [9.17, 15) is 0 Å². The van der Waals surface area contributed by atoms with Crippen LogP contribution in [0.5, 0.6) is 5.75 Å². The number of hydrogen-bond donors (Lipinski definition) is 0. The van der Waals surface area contributed by atoms with E-state index < -0.39 is 11.2 Å². The molecule has 0 heterocycles. The van der Waals surface area contributed by atoms with Crippen molar-refractivity contribution >= 4 is 11.2 Å². The molecule has 0 spiro atoms. The fourth-order valence-corrected chi connectivity index (χ4v) is 3.82. The molecule has 0 N–H and O–H groups in total. The molecule has 3 aromatic rings. The molecule has 0 aliphatic carbocycles. The van der Waals surface area contributed by atoms with Crippen molar-refractivity contribution in [3.63, 3.8) is 0 Å². The van der Waals surface area contributed by atoms with E-state index in [0.29, 0.717) is 6.61 Å². The first kappa shape index (κ1) is 15.7. The van der Waals surface area contributed by atoms with E-state index >= 15 is 0 Å². The van der Waals surface area contributed by atoms with Gasteiger partial charge in [-0.25, -0.2) is 0 Å². The summed E-state index contributed by atoms with van der Waals surface area (Å²) in [6.45, 7) is 0.566. The van der Waals surface area contributed by atoms with Crippen molar-refractivity contribution in [1.82, 2.24) is 0 Å². The molecule has 23 heavy (non-hydrogen) atoms. The zero-order valence-corrected chi connectivity index (χ0v) is 13.8. The Balaban J connectivity index is 1.79. The number of benzene rings is 3. The van der Waals surface area contributed by atoms with Crippen LogP contribution in [-0.2, 0) is 22.0 Å². The lowest BCUT2D eigenvalue weighted by molar-refractivity contribution is 0.349. The zero-order chi connectivity index (χ0) is 15.9. The van der Waals surface area contributed by atoms with Crippen LogP contribution in [0, 0.1) is 0 Å². The van der Waals surface area contributed by atoms with Gasteiger partial charge >= 0.3 is 0 Å². The van der Waals surface area contributed by atoms with Crippen molar-refractivity contribution in [3.05, 3.63) is 90.5 Å². The predicted molar refractivity (Wildman–Crippen MR) is 94.6 cm³/mol. The topological polar surface area (TPSA) is 18.5 Å². The number of hydrogen-bond acceptors (Lipinski definition) is 2. The van der Waals surface area contributed by atoms with Crippen molar-refractivity contribution < 1.29 is 8.92 Å². The molecule has 3 heteroatoms. The predicted octanol–water partition coefficient (Wildman–Crippen LogP) is 4.86. The lowest BCUT2D eigenvalue weighted by Crippen LogP contribution is -2.08. The number of methoxy groups -OCH3 is 1. The molecular weight excluding hydrogens is 304 g/mol. The van der Waals surface area contributed by atoms with Gasteiger partial charge in [0.2, 0.25) is 11.2 Å². The van der Waals surface area contributed by atoms with Gasteiger partial charge in [0.15, 0.2) is 9.79 Å². The van der Waals surface area contributed by atoms with Crippen LogP contribution in [0.3, 0.4) is 0 Å². The molecule has 0 unspecified atom stereocenters. The van der Waals surface area contributed by atoms with Crippen LogP contribution in [0.25, 0.3) is 0 Å². The molecule has 116 valence electrons. The molecule has 0 amide bonds. The highest BCUT2D eigenvalue weighted by Gasteiger charge is 2.27. The minimum absolute atomic E-state index is 0.390. The van der Waals surface area contributed by atoms with Crippen molar-refractivity contribution in [2.75, 3.05) is 7.11 Å². The van der Waals surface area contributed by atoms with Gasteiger partial charge in [-0.1, -0.05) is 48.5 Å². The van der Waals surface area contributed by atoms with Gasteiger partial charge in [0, 0.05) is 0 Å². The summed E-state index contributed by atoms with van der Waals surface area (Å²) in [5.41, 5.74) is 1.13. The first-order chi connectivity index (χ1) is 11.4. The van der Waals surface area contributed by atoms with E-state index in [-0.39, 0.29) is 0 Å². The first-order valence-electron chi connectivity index (χ1n) is 7.47. The van der Waals surface area contributed by atoms with E-state index in [1.165, 1.54) is 9.79 Å². The zero-order valence-electron chi connectivity index (χ0n) is 13.0. The molecule has 0 saturated heterocycles. The quantitative estimate of drug-likeness (QED) is 0.603. The Morgan fingerprint density at radius 2 is 1.22 bits per heavy atom. The van der Waals surface area contributed by atoms with Crippen molar-refractivity contribution in [3.8, 4) is 5.75 Å². The molecule has 2 nitrogen and oxygen atoms in total. The fourth-order valence-electron chi connectivity index (χ4n) is 2.21. The molecule has 0 aromatic heterocycles. The molecule has 0 radical (unpaired) electrons. The van der Waals surface area contributed by atoms with Gasteiger partial charge in [-0.05, 0) is 42.0 Å². The van der Waals surface area contributed by atoms with E-state index in [4.69, 9.17) is 8.92 Å². The third kappa shape index (κ3) is 4.15. The first-order valence-corrected chi connectivity index (χ1v) is 8.62. The van der Waals surface area contributed by atoms with Crippen LogP contribution in [0.2, 0.25) is 0 Å². The van der Waals surface area contributed by atoms with Crippen LogP contribution in [0.15, 0.2) is 94.7 Å². The second-order valence-corrected chi connectivity index (χ2v) is 6.72. The maximum absolute atomic E-state index is 6.26. The Labute approximate surface area is 140 Å². The number of rotatable bonds is 6. The average molecular weight is 323 g/mol. The Kier molecular flexibility index (Phi) is 5.35. The second-order valence-electron chi connectivity index (χ2n) is 5.01. The highest BCUT2D eigenvalue weighted by Crippen LogP contribution is 2.25. The van der Waals surface area contributed by atoms with Gasteiger partial charge in [-0.3, -0.25) is 0 Å². The highest BCUT2D eigenvalue weighted by molar-refractivity contribution is 7.92. The van der Waals surface area contributed by atoms with E-state index in [1.54, 1.807) is 7.11 Å². The summed E-state index contributed by atoms with van der Waals surface area (Å²) >= 11 is -0.390. The summed E-state index contributed by atoms with van der Waals surface area (Å²) in [4.78, 5) is 2.37. The summed E-state index contributed by atoms with van der Waals surface area (Å²) in [7, 11) is 1.67. The summed E-state index contributed by atoms with van der Waals surface area (Å²) < 4.78 is 11.5. The molecule has 0 atom stereocenters. The van der Waals surface area contributed by atoms with E-state index in [2.05, 4.69) is 48.5 Å². The Hall–Kier alpha value is -2.23. The fraction of sp³-hybridized carbons (Fsp3) is 0.100. The molecule has 0 aliphatic rings. The normalized spacial score (nSPS) is 10.7. The largest absolute Gasteiger partial charge is 0.497 e. The van der Waals surface area contributed by atoms with E-state index in [1.807, 2.05) is 36.4 Å². The summed E-state index contributed by atoms with van der Waals surface area (Å²) in [6, 6.07) is 28.7. The average Bonchev–Trinajstić information content (AvgIpc) is 2.64. The molecular formula is C20H19O2S+. The monoisotopic (exact) mass is 323 g/mol. The third-order valence-corrected chi connectivity index (χ3v) is 5.17. The molecule has 0 saturated carbocycles. The maximum atomic E-state index is 6.26. The minimum atomic E-state index is -0.390. The van der Waals surface area contributed by atoms with Crippen LogP contribution in [-0.4, -0.2) is 7.11 Å². The van der Waals surface area contributed by atoms with Crippen molar-refractivity contribution in [2.24, 2.45) is 0 Å². The third-order valence-electron chi connectivity index (χ3n) is 3.42. The van der Waals surface area contributed by atoms with Crippen molar-refractivity contribution in [2.45, 2.75) is 16.4 Å². The molecule has 3 aromatic carbocycles. The maximum Gasteiger partial charge on any atom is 0.223 e. The molecule has 0 aliphatic heterocycles. The smallest absolute Gasteiger partial charge is 0.223 e. The van der Waals surface area contributed by atoms with Crippen LogP contribution in [0.1, 0.15) is 5.56 Å². The molecule has 0 bridgehead atoms. The SMILES string of the molecule is COc1ccc(CO[S+](c2ccccc2)c2ccccc2)cc1. The van der Waals surface area contributed by atoms with Crippen LogP contribution in [0.4, 0.5) is 0 Å². The van der Waals surface area contributed by atoms with Gasteiger partial charge in [-0.2, -0.15) is 4.18 Å². The summed E-state index contributed by atoms with van der Waals surface area (Å²) in [5.74, 6) is 0.860. The highest BCUT2D eigenvalue weighted by atomic mass is 32.2. The second kappa shape index (κ2) is 7.86. The van der Waals surface area contributed by atoms with Gasteiger partial charge < -0.3 is 4.74 Å². The van der Waals surface area contributed by atoms with Crippen LogP contribution >= 0.6 is 0 Å². The van der Waals surface area contributed by atoms with E-state index in [0.717, 1.165) is 11.3 Å². The van der Waals surface area contributed by atoms with Crippen molar-refractivity contribution in [1.29, 1.82) is 0 Å². The van der Waals surface area contributed by atoms with Gasteiger partial charge in [-0.15, -0.1) is 0 Å². The molecule has 0 fully saturated rings. The lowest BCUT2D eigenvalue weighted by Gasteiger charge is -2.07. The van der Waals surface area contributed by atoms with Gasteiger partial charge in [0.1, 0.15) is 12.4 Å². The summed E-state index contributed by atoms with van der Waals surface area (Å²) in [5, 5.41) is 0. The van der Waals surface area contributed by atoms with Gasteiger partial charge in [0.25, 0.3) is 0 Å². The Bertz CT molecular complexity index is 672. The number of ether oxygens (including phenoxy) is 1. The molecule has 3 rings (SSSR count). The Morgan fingerprint density at radius 1 is 0.696 bits per heavy atom.